The molecule has 84 valence electrons. The highest BCUT2D eigenvalue weighted by atomic mass is 14.3. The summed E-state index contributed by atoms with van der Waals surface area (Å²) in [6, 6.07) is 18.8. The number of hydrogen-bond donors (Lipinski definition) is 0. The molecule has 2 aromatic rings. The first-order valence-corrected chi connectivity index (χ1v) is 5.46. The molecule has 0 fully saturated rings. The molecule has 2 nitrogen and oxygen atoms in total. The van der Waals surface area contributed by atoms with E-state index in [2.05, 4.69) is 18.7 Å². The lowest BCUT2D eigenvalue weighted by molar-refractivity contribution is 1.43. The van der Waals surface area contributed by atoms with E-state index in [0.29, 0.717) is 16.7 Å². The topological polar surface area (TPSA) is 47.6 Å². The van der Waals surface area contributed by atoms with Crippen LogP contribution in [0.5, 0.6) is 0 Å². The Kier molecular flexibility index (Phi) is 3.23. The third kappa shape index (κ3) is 2.00. The van der Waals surface area contributed by atoms with Crippen molar-refractivity contribution in [3.63, 3.8) is 0 Å². The molecule has 0 bridgehead atoms. The smallest absolute Gasteiger partial charge is 0.0998 e. The van der Waals surface area contributed by atoms with Gasteiger partial charge in [0.1, 0.15) is 0 Å². The van der Waals surface area contributed by atoms with E-state index >= 15 is 0 Å². The predicted molar refractivity (Wildman–Crippen MR) is 70.5 cm³/mol. The molecule has 2 aromatic carbocycles. The zero-order chi connectivity index (χ0) is 13.0. The van der Waals surface area contributed by atoms with Gasteiger partial charge in [0, 0.05) is 0 Å². The summed E-state index contributed by atoms with van der Waals surface area (Å²) in [5.41, 5.74) is 3.36. The van der Waals surface area contributed by atoms with Gasteiger partial charge < -0.3 is 0 Å². The number of nitrogens with zero attached hydrogens (tertiary/aromatic N) is 2. The average Bonchev–Trinajstić information content (AvgIpc) is 2.46. The molecule has 0 atom stereocenters. The van der Waals surface area contributed by atoms with Crippen LogP contribution in [-0.4, -0.2) is 0 Å². The fraction of sp³-hybridized carbons (Fsp3) is 0. The van der Waals surface area contributed by atoms with Crippen molar-refractivity contribution in [2.24, 2.45) is 0 Å². The maximum Gasteiger partial charge on any atom is 0.0998 e. The van der Waals surface area contributed by atoms with Crippen LogP contribution < -0.4 is 0 Å². The highest BCUT2D eigenvalue weighted by Gasteiger charge is 2.10. The van der Waals surface area contributed by atoms with E-state index in [1.54, 1.807) is 12.1 Å². The Balaban J connectivity index is 2.57. The Labute approximate surface area is 106 Å². The summed E-state index contributed by atoms with van der Waals surface area (Å²) in [5, 5.41) is 18.2. The van der Waals surface area contributed by atoms with Crippen molar-refractivity contribution in [1.82, 2.24) is 0 Å². The van der Waals surface area contributed by atoms with Crippen molar-refractivity contribution in [3.05, 3.63) is 77.4 Å². The number of nitriles is 2. The highest BCUT2D eigenvalue weighted by molar-refractivity contribution is 5.83. The summed E-state index contributed by atoms with van der Waals surface area (Å²) < 4.78 is 0. The van der Waals surface area contributed by atoms with E-state index in [9.17, 15) is 0 Å². The zero-order valence-corrected chi connectivity index (χ0v) is 9.72. The Morgan fingerprint density at radius 1 is 0.778 bits per heavy atom. The highest BCUT2D eigenvalue weighted by Crippen LogP contribution is 2.26. The van der Waals surface area contributed by atoms with Gasteiger partial charge in [0.25, 0.3) is 0 Å². The van der Waals surface area contributed by atoms with Crippen molar-refractivity contribution >= 4 is 5.57 Å². The van der Waals surface area contributed by atoms with Crippen LogP contribution in [-0.2, 0) is 0 Å². The van der Waals surface area contributed by atoms with Crippen LogP contribution in [0.3, 0.4) is 0 Å². The summed E-state index contributed by atoms with van der Waals surface area (Å²) in [6.45, 7) is 4.01. The molecule has 0 saturated heterocycles. The van der Waals surface area contributed by atoms with Gasteiger partial charge >= 0.3 is 0 Å². The molecule has 0 aromatic heterocycles. The van der Waals surface area contributed by atoms with E-state index < -0.39 is 0 Å². The van der Waals surface area contributed by atoms with Crippen LogP contribution in [0.2, 0.25) is 0 Å². The van der Waals surface area contributed by atoms with E-state index in [1.807, 2.05) is 36.4 Å². The monoisotopic (exact) mass is 230 g/mol. The molecule has 0 radical (unpaired) electrons. The largest absolute Gasteiger partial charge is 0.192 e. The minimum absolute atomic E-state index is 0.565. The summed E-state index contributed by atoms with van der Waals surface area (Å²) in [5.74, 6) is 0. The van der Waals surface area contributed by atoms with Gasteiger partial charge in [-0.15, -0.1) is 0 Å². The molecule has 0 saturated carbocycles. The molecule has 0 aliphatic heterocycles. The molecular weight excluding hydrogens is 220 g/mol. The number of benzene rings is 2. The SMILES string of the molecule is C=C(c1ccccc1C#N)c1ccccc1C#N. The third-order valence-electron chi connectivity index (χ3n) is 2.75. The maximum absolute atomic E-state index is 9.08. The molecule has 0 amide bonds. The summed E-state index contributed by atoms with van der Waals surface area (Å²) in [4.78, 5) is 0. The van der Waals surface area contributed by atoms with Crippen molar-refractivity contribution in [2.45, 2.75) is 0 Å². The van der Waals surface area contributed by atoms with Gasteiger partial charge in [0.15, 0.2) is 0 Å². The lowest BCUT2D eigenvalue weighted by atomic mass is 9.93. The van der Waals surface area contributed by atoms with Crippen LogP contribution in [0, 0.1) is 22.7 Å². The minimum Gasteiger partial charge on any atom is -0.192 e. The predicted octanol–water partition coefficient (Wildman–Crippen LogP) is 3.49. The van der Waals surface area contributed by atoms with Crippen LogP contribution in [0.1, 0.15) is 22.3 Å². The van der Waals surface area contributed by atoms with Crippen LogP contribution >= 0.6 is 0 Å². The molecule has 18 heavy (non-hydrogen) atoms. The van der Waals surface area contributed by atoms with E-state index in [1.165, 1.54) is 0 Å². The number of rotatable bonds is 2. The zero-order valence-electron chi connectivity index (χ0n) is 9.72. The second kappa shape index (κ2) is 4.99. The molecule has 0 aliphatic carbocycles. The molecule has 0 aliphatic rings. The lowest BCUT2D eigenvalue weighted by Gasteiger charge is -2.09. The summed E-state index contributed by atoms with van der Waals surface area (Å²) in [7, 11) is 0. The Bertz CT molecular complexity index is 625. The molecule has 0 unspecified atom stereocenters. The van der Waals surface area contributed by atoms with Gasteiger partial charge in [-0.3, -0.25) is 0 Å². The Hall–Kier alpha value is -2.84. The third-order valence-corrected chi connectivity index (χ3v) is 2.75. The van der Waals surface area contributed by atoms with Gasteiger partial charge in [-0.25, -0.2) is 0 Å². The molecule has 0 heterocycles. The lowest BCUT2D eigenvalue weighted by Crippen LogP contribution is -1.93. The van der Waals surface area contributed by atoms with E-state index in [0.717, 1.165) is 11.1 Å². The first kappa shape index (κ1) is 11.6. The first-order valence-electron chi connectivity index (χ1n) is 5.46. The molecule has 2 rings (SSSR count). The molecular formula is C16H10N2. The Morgan fingerprint density at radius 3 is 1.56 bits per heavy atom. The summed E-state index contributed by atoms with van der Waals surface area (Å²) >= 11 is 0. The van der Waals surface area contributed by atoms with Gasteiger partial charge in [-0.1, -0.05) is 43.0 Å². The van der Waals surface area contributed by atoms with Crippen molar-refractivity contribution in [3.8, 4) is 12.1 Å². The second-order valence-corrected chi connectivity index (χ2v) is 3.79. The van der Waals surface area contributed by atoms with Crippen molar-refractivity contribution in [2.75, 3.05) is 0 Å². The average molecular weight is 230 g/mol. The van der Waals surface area contributed by atoms with Gasteiger partial charge in [0.05, 0.1) is 23.3 Å². The van der Waals surface area contributed by atoms with Crippen LogP contribution in [0.4, 0.5) is 0 Å². The van der Waals surface area contributed by atoms with E-state index in [-0.39, 0.29) is 0 Å². The standard InChI is InChI=1S/C16H10N2/c1-12(15-8-4-2-6-13(15)10-17)16-9-5-3-7-14(16)11-18/h2-9H,1H2. The van der Waals surface area contributed by atoms with Gasteiger partial charge in [-0.2, -0.15) is 10.5 Å². The maximum atomic E-state index is 9.08. The normalized spacial score (nSPS) is 9.22. The molecule has 2 heteroatoms. The number of hydrogen-bond acceptors (Lipinski definition) is 2. The molecule has 0 spiro atoms. The van der Waals surface area contributed by atoms with Crippen molar-refractivity contribution < 1.29 is 0 Å². The second-order valence-electron chi connectivity index (χ2n) is 3.79. The first-order chi connectivity index (χ1) is 8.77. The van der Waals surface area contributed by atoms with Crippen LogP contribution in [0.15, 0.2) is 55.1 Å². The van der Waals surface area contributed by atoms with Gasteiger partial charge in [-0.05, 0) is 28.8 Å². The Morgan fingerprint density at radius 2 is 1.17 bits per heavy atom. The van der Waals surface area contributed by atoms with Gasteiger partial charge in [0.2, 0.25) is 0 Å². The van der Waals surface area contributed by atoms with Crippen LogP contribution in [0.25, 0.3) is 5.57 Å². The molecule has 0 N–H and O–H groups in total. The van der Waals surface area contributed by atoms with Crippen molar-refractivity contribution in [1.29, 1.82) is 10.5 Å². The summed E-state index contributed by atoms with van der Waals surface area (Å²) in [6.07, 6.45) is 0. The van der Waals surface area contributed by atoms with E-state index in [4.69, 9.17) is 10.5 Å². The fourth-order valence-electron chi connectivity index (χ4n) is 1.83. The minimum atomic E-state index is 0.565. The quantitative estimate of drug-likeness (QED) is 0.792. The fourth-order valence-corrected chi connectivity index (χ4v) is 1.83.